The molecular formula is C13H9ClFN3. The van der Waals surface area contributed by atoms with Gasteiger partial charge in [0.2, 0.25) is 0 Å². The van der Waals surface area contributed by atoms with E-state index < -0.39 is 0 Å². The van der Waals surface area contributed by atoms with Crippen molar-refractivity contribution >= 4 is 22.5 Å². The maximum Gasteiger partial charge on any atom is 0.131 e. The Labute approximate surface area is 108 Å². The second kappa shape index (κ2) is 4.07. The topological polar surface area (TPSA) is 30.7 Å². The summed E-state index contributed by atoms with van der Waals surface area (Å²) in [6.07, 6.45) is 1.69. The van der Waals surface area contributed by atoms with Crippen molar-refractivity contribution in [1.82, 2.24) is 14.8 Å². The monoisotopic (exact) mass is 261 g/mol. The largest absolute Gasteiger partial charge is 0.244 e. The molecule has 0 spiro atoms. The van der Waals surface area contributed by atoms with E-state index in [0.29, 0.717) is 5.15 Å². The standard InChI is InChI=1S/C13H9ClFN3/c1-8-11-7-16-13(14)6-12(11)17-18(8)10-4-2-9(15)3-5-10/h2-7H,1H3. The van der Waals surface area contributed by atoms with Crippen molar-refractivity contribution in [3.63, 3.8) is 0 Å². The predicted molar refractivity (Wildman–Crippen MR) is 68.6 cm³/mol. The molecule has 0 aliphatic carbocycles. The Morgan fingerprint density at radius 3 is 2.67 bits per heavy atom. The summed E-state index contributed by atoms with van der Waals surface area (Å²) >= 11 is 5.84. The van der Waals surface area contributed by atoms with Crippen LogP contribution in [-0.4, -0.2) is 14.8 Å². The van der Waals surface area contributed by atoms with E-state index in [2.05, 4.69) is 10.1 Å². The van der Waals surface area contributed by atoms with Gasteiger partial charge in [0.25, 0.3) is 0 Å². The third-order valence-corrected chi connectivity index (χ3v) is 3.04. The molecule has 0 N–H and O–H groups in total. The Kier molecular flexibility index (Phi) is 2.52. The molecule has 3 nitrogen and oxygen atoms in total. The van der Waals surface area contributed by atoms with Crippen molar-refractivity contribution in [2.45, 2.75) is 6.92 Å². The van der Waals surface area contributed by atoms with E-state index in [1.165, 1.54) is 12.1 Å². The lowest BCUT2D eigenvalue weighted by Crippen LogP contribution is -1.98. The Morgan fingerprint density at radius 2 is 1.94 bits per heavy atom. The average Bonchev–Trinajstić information content (AvgIpc) is 2.67. The van der Waals surface area contributed by atoms with Crippen LogP contribution < -0.4 is 0 Å². The summed E-state index contributed by atoms with van der Waals surface area (Å²) in [5, 5.41) is 5.79. The normalized spacial score (nSPS) is 11.1. The molecule has 3 rings (SSSR count). The molecule has 18 heavy (non-hydrogen) atoms. The van der Waals surface area contributed by atoms with Gasteiger partial charge in [0.15, 0.2) is 0 Å². The highest BCUT2D eigenvalue weighted by Gasteiger charge is 2.09. The number of rotatable bonds is 1. The summed E-state index contributed by atoms with van der Waals surface area (Å²) in [7, 11) is 0. The van der Waals surface area contributed by atoms with Crippen molar-refractivity contribution in [3.05, 3.63) is 53.2 Å². The molecule has 0 fully saturated rings. The fourth-order valence-electron chi connectivity index (χ4n) is 1.91. The number of aryl methyl sites for hydroxylation is 1. The third kappa shape index (κ3) is 1.75. The molecule has 0 aliphatic rings. The van der Waals surface area contributed by atoms with Gasteiger partial charge in [0.1, 0.15) is 11.0 Å². The maximum absolute atomic E-state index is 12.9. The van der Waals surface area contributed by atoms with Crippen LogP contribution in [0.15, 0.2) is 36.5 Å². The van der Waals surface area contributed by atoms with Gasteiger partial charge in [0.05, 0.1) is 16.9 Å². The van der Waals surface area contributed by atoms with E-state index in [-0.39, 0.29) is 5.82 Å². The number of pyridine rings is 1. The number of halogens is 2. The number of fused-ring (bicyclic) bond motifs is 1. The van der Waals surface area contributed by atoms with E-state index in [4.69, 9.17) is 11.6 Å². The molecule has 0 atom stereocenters. The summed E-state index contributed by atoms with van der Waals surface area (Å²) < 4.78 is 14.7. The Bertz CT molecular complexity index is 719. The van der Waals surface area contributed by atoms with E-state index >= 15 is 0 Å². The lowest BCUT2D eigenvalue weighted by atomic mass is 10.2. The first-order valence-electron chi connectivity index (χ1n) is 5.42. The highest BCUT2D eigenvalue weighted by Crippen LogP contribution is 2.22. The molecule has 0 saturated heterocycles. The second-order valence-corrected chi connectivity index (χ2v) is 4.39. The predicted octanol–water partition coefficient (Wildman–Crippen LogP) is 3.52. The molecule has 2 heterocycles. The number of benzene rings is 1. The third-order valence-electron chi connectivity index (χ3n) is 2.84. The van der Waals surface area contributed by atoms with E-state index in [0.717, 1.165) is 22.3 Å². The van der Waals surface area contributed by atoms with E-state index in [1.54, 1.807) is 29.1 Å². The molecule has 90 valence electrons. The van der Waals surface area contributed by atoms with Crippen LogP contribution >= 0.6 is 11.6 Å². The van der Waals surface area contributed by atoms with Crippen molar-refractivity contribution in [3.8, 4) is 5.69 Å². The molecule has 3 aromatic rings. The van der Waals surface area contributed by atoms with Crippen LogP contribution in [-0.2, 0) is 0 Å². The van der Waals surface area contributed by atoms with Gasteiger partial charge >= 0.3 is 0 Å². The quantitative estimate of drug-likeness (QED) is 0.628. The lowest BCUT2D eigenvalue weighted by molar-refractivity contribution is 0.627. The first kappa shape index (κ1) is 11.2. The minimum absolute atomic E-state index is 0.266. The Balaban J connectivity index is 2.23. The molecule has 0 bridgehead atoms. The fraction of sp³-hybridized carbons (Fsp3) is 0.0769. The lowest BCUT2D eigenvalue weighted by Gasteiger charge is -2.03. The summed E-state index contributed by atoms with van der Waals surface area (Å²) in [4.78, 5) is 4.04. The molecular weight excluding hydrogens is 253 g/mol. The Hall–Kier alpha value is -1.94. The average molecular weight is 262 g/mol. The van der Waals surface area contributed by atoms with Crippen molar-refractivity contribution in [2.24, 2.45) is 0 Å². The van der Waals surface area contributed by atoms with Crippen LogP contribution in [0.1, 0.15) is 5.69 Å². The molecule has 0 saturated carbocycles. The molecule has 2 aromatic heterocycles. The van der Waals surface area contributed by atoms with Crippen LogP contribution in [0.3, 0.4) is 0 Å². The van der Waals surface area contributed by atoms with Crippen LogP contribution in [0.5, 0.6) is 0 Å². The molecule has 0 amide bonds. The van der Waals surface area contributed by atoms with Crippen molar-refractivity contribution in [1.29, 1.82) is 0 Å². The van der Waals surface area contributed by atoms with Crippen molar-refractivity contribution in [2.75, 3.05) is 0 Å². The SMILES string of the molecule is Cc1c2cnc(Cl)cc2nn1-c1ccc(F)cc1. The number of hydrogen-bond acceptors (Lipinski definition) is 2. The van der Waals surface area contributed by atoms with E-state index in [9.17, 15) is 4.39 Å². The smallest absolute Gasteiger partial charge is 0.131 e. The van der Waals surface area contributed by atoms with Crippen LogP contribution in [0.2, 0.25) is 5.15 Å². The first-order chi connectivity index (χ1) is 8.65. The highest BCUT2D eigenvalue weighted by atomic mass is 35.5. The zero-order valence-electron chi connectivity index (χ0n) is 9.56. The molecule has 0 aliphatic heterocycles. The van der Waals surface area contributed by atoms with Crippen LogP contribution in [0, 0.1) is 12.7 Å². The van der Waals surface area contributed by atoms with Gasteiger partial charge in [-0.1, -0.05) is 11.6 Å². The van der Waals surface area contributed by atoms with Gasteiger partial charge in [-0.2, -0.15) is 5.10 Å². The maximum atomic E-state index is 12.9. The molecule has 5 heteroatoms. The summed E-state index contributed by atoms with van der Waals surface area (Å²) in [5.41, 5.74) is 2.53. The minimum atomic E-state index is -0.266. The zero-order chi connectivity index (χ0) is 12.7. The second-order valence-electron chi connectivity index (χ2n) is 4.00. The molecule has 0 radical (unpaired) electrons. The summed E-state index contributed by atoms with van der Waals surface area (Å²) in [6.45, 7) is 1.94. The number of nitrogens with zero attached hydrogens (tertiary/aromatic N) is 3. The van der Waals surface area contributed by atoms with Gasteiger partial charge in [0, 0.05) is 17.6 Å². The number of hydrogen-bond donors (Lipinski definition) is 0. The van der Waals surface area contributed by atoms with Gasteiger partial charge < -0.3 is 0 Å². The number of aromatic nitrogens is 3. The zero-order valence-corrected chi connectivity index (χ0v) is 10.3. The van der Waals surface area contributed by atoms with Crippen LogP contribution in [0.4, 0.5) is 4.39 Å². The van der Waals surface area contributed by atoms with Gasteiger partial charge in [-0.25, -0.2) is 14.1 Å². The van der Waals surface area contributed by atoms with Gasteiger partial charge in [-0.15, -0.1) is 0 Å². The fourth-order valence-corrected chi connectivity index (χ4v) is 2.06. The van der Waals surface area contributed by atoms with Crippen molar-refractivity contribution < 1.29 is 4.39 Å². The van der Waals surface area contributed by atoms with Gasteiger partial charge in [-0.05, 0) is 31.2 Å². The van der Waals surface area contributed by atoms with E-state index in [1.807, 2.05) is 6.92 Å². The summed E-state index contributed by atoms with van der Waals surface area (Å²) in [5.74, 6) is -0.266. The highest BCUT2D eigenvalue weighted by molar-refractivity contribution is 6.30. The first-order valence-corrected chi connectivity index (χ1v) is 5.80. The summed E-state index contributed by atoms with van der Waals surface area (Å²) in [6, 6.07) is 7.90. The minimum Gasteiger partial charge on any atom is -0.244 e. The van der Waals surface area contributed by atoms with Gasteiger partial charge in [-0.3, -0.25) is 0 Å². The molecule has 0 unspecified atom stereocenters. The van der Waals surface area contributed by atoms with Crippen LogP contribution in [0.25, 0.3) is 16.6 Å². The molecule has 1 aromatic carbocycles. The Morgan fingerprint density at radius 1 is 1.22 bits per heavy atom.